The fraction of sp³-hybridized carbons (Fsp3) is 0.143. The van der Waals surface area contributed by atoms with Gasteiger partial charge in [-0.05, 0) is 12.1 Å². The van der Waals surface area contributed by atoms with Crippen LogP contribution in [0.3, 0.4) is 0 Å². The largest absolute Gasteiger partial charge is 0.394 e. The molecule has 130 valence electrons. The van der Waals surface area contributed by atoms with E-state index in [4.69, 9.17) is 0 Å². The van der Waals surface area contributed by atoms with Gasteiger partial charge >= 0.3 is 0 Å². The number of hydrogen-bond donors (Lipinski definition) is 2. The lowest BCUT2D eigenvalue weighted by Gasteiger charge is -2.06. The minimum absolute atomic E-state index is 0.0892. The van der Waals surface area contributed by atoms with Gasteiger partial charge in [0.1, 0.15) is 11.5 Å². The molecule has 2 aromatic carbocycles. The number of carbonyl (C=O) groups excluding carboxylic acids is 1. The van der Waals surface area contributed by atoms with Crippen LogP contribution in [-0.4, -0.2) is 27.4 Å². The van der Waals surface area contributed by atoms with E-state index in [2.05, 4.69) is 22.3 Å². The van der Waals surface area contributed by atoms with Crippen molar-refractivity contribution >= 4 is 11.7 Å². The van der Waals surface area contributed by atoms with E-state index in [9.17, 15) is 9.90 Å². The Morgan fingerprint density at radius 1 is 1.08 bits per heavy atom. The highest BCUT2D eigenvalue weighted by atomic mass is 16.3. The predicted octanol–water partition coefficient (Wildman–Crippen LogP) is 2.90. The highest BCUT2D eigenvalue weighted by molar-refractivity contribution is 5.91. The van der Waals surface area contributed by atoms with Crippen LogP contribution in [0.5, 0.6) is 0 Å². The number of anilines is 1. The first-order chi connectivity index (χ1) is 12.7. The van der Waals surface area contributed by atoms with Crippen molar-refractivity contribution in [1.82, 2.24) is 9.78 Å². The van der Waals surface area contributed by atoms with Crippen molar-refractivity contribution in [3.8, 4) is 23.1 Å². The van der Waals surface area contributed by atoms with Crippen LogP contribution in [-0.2, 0) is 11.3 Å². The molecule has 0 saturated heterocycles. The van der Waals surface area contributed by atoms with E-state index in [1.807, 2.05) is 60.7 Å². The molecule has 3 rings (SSSR count). The first-order valence-electron chi connectivity index (χ1n) is 8.31. The Morgan fingerprint density at radius 3 is 2.35 bits per heavy atom. The van der Waals surface area contributed by atoms with E-state index in [0.717, 1.165) is 11.1 Å². The van der Waals surface area contributed by atoms with Crippen LogP contribution in [0.25, 0.3) is 11.3 Å². The number of aliphatic hydroxyl groups is 1. The molecule has 26 heavy (non-hydrogen) atoms. The van der Waals surface area contributed by atoms with Crippen LogP contribution in [0.15, 0.2) is 60.7 Å². The van der Waals surface area contributed by atoms with Crippen molar-refractivity contribution in [3.05, 3.63) is 71.8 Å². The summed E-state index contributed by atoms with van der Waals surface area (Å²) < 4.78 is 1.58. The molecule has 0 atom stereocenters. The number of aliphatic hydroxyl groups excluding tert-OH is 1. The monoisotopic (exact) mass is 345 g/mol. The van der Waals surface area contributed by atoms with Crippen molar-refractivity contribution < 1.29 is 9.90 Å². The maximum Gasteiger partial charge on any atom is 0.222 e. The Bertz CT molecular complexity index is 951. The zero-order valence-electron chi connectivity index (χ0n) is 14.4. The van der Waals surface area contributed by atoms with Gasteiger partial charge in [0.15, 0.2) is 0 Å². The van der Waals surface area contributed by atoms with E-state index in [0.29, 0.717) is 17.1 Å². The number of aromatic nitrogens is 2. The number of amides is 1. The first kappa shape index (κ1) is 17.5. The number of benzene rings is 2. The lowest BCUT2D eigenvalue weighted by molar-refractivity contribution is -0.114. The van der Waals surface area contributed by atoms with Crippen LogP contribution in [0, 0.1) is 11.8 Å². The number of nitrogens with zero attached hydrogens (tertiary/aromatic N) is 2. The Kier molecular flexibility index (Phi) is 5.47. The van der Waals surface area contributed by atoms with Crippen LogP contribution < -0.4 is 5.32 Å². The molecule has 0 radical (unpaired) electrons. The lowest BCUT2D eigenvalue weighted by Crippen LogP contribution is -2.14. The molecule has 0 aliphatic carbocycles. The quantitative estimate of drug-likeness (QED) is 0.715. The summed E-state index contributed by atoms with van der Waals surface area (Å²) in [5.41, 5.74) is 3.07. The zero-order chi connectivity index (χ0) is 18.4. The van der Waals surface area contributed by atoms with Gasteiger partial charge in [-0.25, -0.2) is 4.68 Å². The Balaban J connectivity index is 2.17. The summed E-state index contributed by atoms with van der Waals surface area (Å²) in [6, 6.07) is 19.3. The van der Waals surface area contributed by atoms with E-state index < -0.39 is 0 Å². The Morgan fingerprint density at radius 2 is 1.73 bits per heavy atom. The molecule has 1 amide bonds. The van der Waals surface area contributed by atoms with Gasteiger partial charge in [-0.2, -0.15) is 5.10 Å². The Hall–Kier alpha value is -3.36. The number of nitrogens with one attached hydrogen (secondary N) is 1. The summed E-state index contributed by atoms with van der Waals surface area (Å²) in [5.74, 6) is 6.55. The molecule has 5 nitrogen and oxygen atoms in total. The second-order valence-electron chi connectivity index (χ2n) is 5.68. The third kappa shape index (κ3) is 4.00. The molecule has 0 fully saturated rings. The van der Waals surface area contributed by atoms with Gasteiger partial charge in [-0.15, -0.1) is 0 Å². The average Bonchev–Trinajstić information content (AvgIpc) is 2.99. The molecular formula is C21H19N3O2. The Labute approximate surface area is 152 Å². The average molecular weight is 345 g/mol. The highest BCUT2D eigenvalue weighted by Crippen LogP contribution is 2.28. The van der Waals surface area contributed by atoms with E-state index >= 15 is 0 Å². The summed E-state index contributed by atoms with van der Waals surface area (Å²) in [6.07, 6.45) is 0. The summed E-state index contributed by atoms with van der Waals surface area (Å²) in [7, 11) is 0. The molecule has 0 spiro atoms. The van der Waals surface area contributed by atoms with E-state index in [-0.39, 0.29) is 19.1 Å². The van der Waals surface area contributed by atoms with Gasteiger partial charge < -0.3 is 10.4 Å². The summed E-state index contributed by atoms with van der Waals surface area (Å²) >= 11 is 0. The normalized spacial score (nSPS) is 10.1. The third-order valence-corrected chi connectivity index (χ3v) is 3.71. The van der Waals surface area contributed by atoms with Gasteiger partial charge in [-0.3, -0.25) is 4.79 Å². The maximum atomic E-state index is 11.7. The van der Waals surface area contributed by atoms with Crippen LogP contribution in [0.4, 0.5) is 5.82 Å². The molecule has 2 N–H and O–H groups in total. The van der Waals surface area contributed by atoms with Crippen molar-refractivity contribution in [2.45, 2.75) is 13.5 Å². The molecule has 3 aromatic rings. The topological polar surface area (TPSA) is 67.2 Å². The second kappa shape index (κ2) is 8.15. The highest BCUT2D eigenvalue weighted by Gasteiger charge is 2.18. The zero-order valence-corrected chi connectivity index (χ0v) is 14.4. The molecule has 0 saturated carbocycles. The van der Waals surface area contributed by atoms with Gasteiger partial charge in [0.05, 0.1) is 18.7 Å². The minimum atomic E-state index is -0.216. The summed E-state index contributed by atoms with van der Waals surface area (Å²) in [4.78, 5) is 11.7. The summed E-state index contributed by atoms with van der Waals surface area (Å²) in [6.45, 7) is 1.61. The number of hydrogen-bond acceptors (Lipinski definition) is 3. The van der Waals surface area contributed by atoms with Gasteiger partial charge in [0.25, 0.3) is 0 Å². The molecular weight excluding hydrogens is 326 g/mol. The molecule has 0 aliphatic rings. The molecule has 1 heterocycles. The maximum absolute atomic E-state index is 11.7. The second-order valence-corrected chi connectivity index (χ2v) is 5.68. The van der Waals surface area contributed by atoms with Gasteiger partial charge in [-0.1, -0.05) is 60.4 Å². The third-order valence-electron chi connectivity index (χ3n) is 3.71. The molecule has 0 unspecified atom stereocenters. The van der Waals surface area contributed by atoms with Crippen LogP contribution in [0.2, 0.25) is 0 Å². The van der Waals surface area contributed by atoms with Crippen LogP contribution in [0.1, 0.15) is 18.1 Å². The predicted molar refractivity (Wildman–Crippen MR) is 101 cm³/mol. The van der Waals surface area contributed by atoms with Crippen molar-refractivity contribution in [3.63, 3.8) is 0 Å². The van der Waals surface area contributed by atoms with Crippen molar-refractivity contribution in [2.24, 2.45) is 0 Å². The van der Waals surface area contributed by atoms with Crippen molar-refractivity contribution in [2.75, 3.05) is 11.9 Å². The molecule has 0 bridgehead atoms. The molecule has 5 heteroatoms. The smallest absolute Gasteiger partial charge is 0.222 e. The minimum Gasteiger partial charge on any atom is -0.394 e. The summed E-state index contributed by atoms with van der Waals surface area (Å²) in [5, 5.41) is 16.7. The first-order valence-corrected chi connectivity index (χ1v) is 8.31. The van der Waals surface area contributed by atoms with Gasteiger partial charge in [0.2, 0.25) is 5.91 Å². The fourth-order valence-electron chi connectivity index (χ4n) is 2.58. The molecule has 1 aromatic heterocycles. The van der Waals surface area contributed by atoms with Crippen molar-refractivity contribution in [1.29, 1.82) is 0 Å². The van der Waals surface area contributed by atoms with E-state index in [1.54, 1.807) is 4.68 Å². The number of rotatable bonds is 4. The standard InChI is InChI=1S/C21H19N3O2/c1-16(26)22-21-19(13-12-17-8-4-2-5-9-17)20(23-24(21)14-15-25)18-10-6-3-7-11-18/h2-11,25H,14-15H2,1H3,(H,22,26). The van der Waals surface area contributed by atoms with Gasteiger partial charge in [0, 0.05) is 18.1 Å². The molecule has 0 aliphatic heterocycles. The van der Waals surface area contributed by atoms with Crippen LogP contribution >= 0.6 is 0 Å². The lowest BCUT2D eigenvalue weighted by atomic mass is 10.1. The van der Waals surface area contributed by atoms with E-state index in [1.165, 1.54) is 6.92 Å². The SMILES string of the molecule is CC(=O)Nc1c(C#Cc2ccccc2)c(-c2ccccc2)nn1CCO. The number of carbonyl (C=O) groups is 1. The fourth-order valence-corrected chi connectivity index (χ4v) is 2.58.